The van der Waals surface area contributed by atoms with E-state index in [1.165, 1.54) is 0 Å². The van der Waals surface area contributed by atoms with E-state index < -0.39 is 0 Å². The van der Waals surface area contributed by atoms with Gasteiger partial charge in [-0.3, -0.25) is 0 Å². The lowest BCUT2D eigenvalue weighted by atomic mass is 10.3. The second kappa shape index (κ2) is 5.21. The molecule has 2 heteroatoms. The van der Waals surface area contributed by atoms with Crippen LogP contribution in [0, 0.1) is 11.8 Å². The van der Waals surface area contributed by atoms with E-state index in [4.69, 9.17) is 4.74 Å². The minimum absolute atomic E-state index is 0.0881. The fourth-order valence-corrected chi connectivity index (χ4v) is 0.873. The summed E-state index contributed by atoms with van der Waals surface area (Å²) in [5, 5.41) is 0. The van der Waals surface area contributed by atoms with E-state index in [1.807, 2.05) is 32.0 Å². The lowest BCUT2D eigenvalue weighted by Gasteiger charge is -2.06. The molecule has 0 bridgehead atoms. The van der Waals surface area contributed by atoms with E-state index in [0.717, 1.165) is 6.42 Å². The van der Waals surface area contributed by atoms with Gasteiger partial charge in [-0.05, 0) is 13.0 Å². The van der Waals surface area contributed by atoms with E-state index in [9.17, 15) is 0 Å². The molecule has 0 aliphatic heterocycles. The zero-order valence-corrected chi connectivity index (χ0v) is 7.95. The third-order valence-corrected chi connectivity index (χ3v) is 1.42. The molecular formula is C11H13NO. The molecule has 0 aromatic carbocycles. The predicted octanol–water partition coefficient (Wildman–Crippen LogP) is 2.26. The second-order valence-corrected chi connectivity index (χ2v) is 2.60. The van der Waals surface area contributed by atoms with Crippen LogP contribution >= 0.6 is 0 Å². The zero-order chi connectivity index (χ0) is 9.52. The Hall–Kier alpha value is -1.49. The highest BCUT2D eigenvalue weighted by Crippen LogP contribution is 2.05. The molecule has 0 N–H and O–H groups in total. The van der Waals surface area contributed by atoms with Crippen molar-refractivity contribution in [1.82, 2.24) is 4.98 Å². The SMILES string of the molecule is CCC#CC(C)Oc1ccccn1. The van der Waals surface area contributed by atoms with Gasteiger partial charge < -0.3 is 4.74 Å². The number of rotatable bonds is 2. The maximum Gasteiger partial charge on any atom is 0.214 e. The first-order chi connectivity index (χ1) is 6.33. The first-order valence-electron chi connectivity index (χ1n) is 4.39. The molecule has 1 heterocycles. The number of nitrogens with zero attached hydrogens (tertiary/aromatic N) is 1. The topological polar surface area (TPSA) is 22.1 Å². The molecule has 0 radical (unpaired) electrons. The van der Waals surface area contributed by atoms with Crippen molar-refractivity contribution in [3.05, 3.63) is 24.4 Å². The van der Waals surface area contributed by atoms with Crippen LogP contribution in [-0.4, -0.2) is 11.1 Å². The van der Waals surface area contributed by atoms with E-state index in [1.54, 1.807) is 6.20 Å². The molecule has 68 valence electrons. The summed E-state index contributed by atoms with van der Waals surface area (Å²) in [6, 6.07) is 5.57. The minimum Gasteiger partial charge on any atom is -0.461 e. The maximum absolute atomic E-state index is 5.43. The molecule has 2 nitrogen and oxygen atoms in total. The molecular weight excluding hydrogens is 162 g/mol. The number of ether oxygens (including phenoxy) is 1. The Morgan fingerprint density at radius 1 is 1.54 bits per heavy atom. The van der Waals surface area contributed by atoms with Crippen molar-refractivity contribution < 1.29 is 4.74 Å². The van der Waals surface area contributed by atoms with Crippen molar-refractivity contribution in [1.29, 1.82) is 0 Å². The van der Waals surface area contributed by atoms with Crippen LogP contribution in [0.25, 0.3) is 0 Å². The van der Waals surface area contributed by atoms with E-state index >= 15 is 0 Å². The Bertz CT molecular complexity index is 297. The largest absolute Gasteiger partial charge is 0.461 e. The van der Waals surface area contributed by atoms with E-state index in [-0.39, 0.29) is 6.10 Å². The van der Waals surface area contributed by atoms with Crippen molar-refractivity contribution in [2.45, 2.75) is 26.4 Å². The molecule has 1 aromatic heterocycles. The molecule has 1 aromatic rings. The summed E-state index contributed by atoms with van der Waals surface area (Å²) in [4.78, 5) is 4.04. The summed E-state index contributed by atoms with van der Waals surface area (Å²) in [7, 11) is 0. The van der Waals surface area contributed by atoms with Gasteiger partial charge in [0.1, 0.15) is 0 Å². The Kier molecular flexibility index (Phi) is 3.84. The molecule has 1 rings (SSSR count). The highest BCUT2D eigenvalue weighted by Gasteiger charge is 1.98. The number of hydrogen-bond donors (Lipinski definition) is 0. The van der Waals surface area contributed by atoms with Crippen LogP contribution in [0.1, 0.15) is 20.3 Å². The van der Waals surface area contributed by atoms with Gasteiger partial charge in [0, 0.05) is 18.7 Å². The smallest absolute Gasteiger partial charge is 0.214 e. The lowest BCUT2D eigenvalue weighted by Crippen LogP contribution is -2.09. The second-order valence-electron chi connectivity index (χ2n) is 2.60. The molecule has 0 spiro atoms. The fraction of sp³-hybridized carbons (Fsp3) is 0.364. The summed E-state index contributed by atoms with van der Waals surface area (Å²) in [6.45, 7) is 3.93. The molecule has 0 amide bonds. The molecule has 13 heavy (non-hydrogen) atoms. The van der Waals surface area contributed by atoms with Crippen LogP contribution in [-0.2, 0) is 0 Å². The first-order valence-corrected chi connectivity index (χ1v) is 4.39. The van der Waals surface area contributed by atoms with Crippen molar-refractivity contribution >= 4 is 0 Å². The average Bonchev–Trinajstić information content (AvgIpc) is 2.16. The number of pyridine rings is 1. The molecule has 0 saturated carbocycles. The van der Waals surface area contributed by atoms with Crippen LogP contribution < -0.4 is 4.74 Å². The Morgan fingerprint density at radius 3 is 3.00 bits per heavy atom. The van der Waals surface area contributed by atoms with Gasteiger partial charge in [0.05, 0.1) is 0 Å². The molecule has 1 unspecified atom stereocenters. The minimum atomic E-state index is -0.0881. The average molecular weight is 175 g/mol. The molecule has 0 aliphatic rings. The summed E-state index contributed by atoms with van der Waals surface area (Å²) in [5.41, 5.74) is 0. The molecule has 0 aliphatic carbocycles. The number of aromatic nitrogens is 1. The van der Waals surface area contributed by atoms with Gasteiger partial charge in [0.15, 0.2) is 6.10 Å². The van der Waals surface area contributed by atoms with Gasteiger partial charge in [0.25, 0.3) is 0 Å². The molecule has 0 fully saturated rings. The monoisotopic (exact) mass is 175 g/mol. The van der Waals surface area contributed by atoms with Crippen LogP contribution in [0.4, 0.5) is 0 Å². The maximum atomic E-state index is 5.43. The van der Waals surface area contributed by atoms with E-state index in [0.29, 0.717) is 5.88 Å². The third-order valence-electron chi connectivity index (χ3n) is 1.42. The summed E-state index contributed by atoms with van der Waals surface area (Å²) in [6.07, 6.45) is 2.47. The van der Waals surface area contributed by atoms with Crippen LogP contribution in [0.5, 0.6) is 5.88 Å². The van der Waals surface area contributed by atoms with Crippen molar-refractivity contribution in [3.63, 3.8) is 0 Å². The van der Waals surface area contributed by atoms with Gasteiger partial charge >= 0.3 is 0 Å². The van der Waals surface area contributed by atoms with E-state index in [2.05, 4.69) is 16.8 Å². The van der Waals surface area contributed by atoms with Gasteiger partial charge in [-0.2, -0.15) is 0 Å². The highest BCUT2D eigenvalue weighted by molar-refractivity contribution is 5.12. The van der Waals surface area contributed by atoms with Gasteiger partial charge in [-0.25, -0.2) is 4.98 Å². The van der Waals surface area contributed by atoms with Crippen LogP contribution in [0.2, 0.25) is 0 Å². The highest BCUT2D eigenvalue weighted by atomic mass is 16.5. The fourth-order valence-electron chi connectivity index (χ4n) is 0.873. The van der Waals surface area contributed by atoms with Crippen molar-refractivity contribution in [2.24, 2.45) is 0 Å². The van der Waals surface area contributed by atoms with Gasteiger partial charge in [-0.15, -0.1) is 0 Å². The molecule has 1 atom stereocenters. The Morgan fingerprint density at radius 2 is 2.38 bits per heavy atom. The third kappa shape index (κ3) is 3.62. The lowest BCUT2D eigenvalue weighted by molar-refractivity contribution is 0.267. The number of hydrogen-bond acceptors (Lipinski definition) is 2. The Balaban J connectivity index is 2.50. The van der Waals surface area contributed by atoms with Crippen LogP contribution in [0.15, 0.2) is 24.4 Å². The van der Waals surface area contributed by atoms with Crippen LogP contribution in [0.3, 0.4) is 0 Å². The predicted molar refractivity (Wildman–Crippen MR) is 52.4 cm³/mol. The normalized spacial score (nSPS) is 11.2. The standard InChI is InChI=1S/C11H13NO/c1-3-4-7-10(2)13-11-8-5-6-9-12-11/h5-6,8-10H,3H2,1-2H3. The quantitative estimate of drug-likeness (QED) is 0.643. The summed E-state index contributed by atoms with van der Waals surface area (Å²) in [5.74, 6) is 6.56. The van der Waals surface area contributed by atoms with Crippen molar-refractivity contribution in [2.75, 3.05) is 0 Å². The van der Waals surface area contributed by atoms with Gasteiger partial charge in [-0.1, -0.05) is 24.8 Å². The first kappa shape index (κ1) is 9.60. The van der Waals surface area contributed by atoms with Crippen molar-refractivity contribution in [3.8, 4) is 17.7 Å². The molecule has 0 saturated heterocycles. The summed E-state index contributed by atoms with van der Waals surface area (Å²) >= 11 is 0. The summed E-state index contributed by atoms with van der Waals surface area (Å²) < 4.78 is 5.43. The zero-order valence-electron chi connectivity index (χ0n) is 7.95. The van der Waals surface area contributed by atoms with Gasteiger partial charge in [0.2, 0.25) is 5.88 Å². The Labute approximate surface area is 79.0 Å².